The quantitative estimate of drug-likeness (QED) is 0.569. The van der Waals surface area contributed by atoms with Gasteiger partial charge in [0.05, 0.1) is 4.92 Å². The van der Waals surface area contributed by atoms with Gasteiger partial charge in [-0.1, -0.05) is 6.92 Å². The zero-order chi connectivity index (χ0) is 13.0. The molecule has 1 aliphatic rings. The van der Waals surface area contributed by atoms with Crippen LogP contribution in [0.4, 0.5) is 17.5 Å². The topological polar surface area (TPSA) is 93.0 Å². The number of nitro groups is 1. The van der Waals surface area contributed by atoms with Crippen molar-refractivity contribution in [2.24, 2.45) is 5.92 Å². The van der Waals surface area contributed by atoms with Crippen molar-refractivity contribution < 1.29 is 4.92 Å². The second-order valence-corrected chi connectivity index (χ2v) is 4.44. The minimum Gasteiger partial charge on any atom is -0.364 e. The highest BCUT2D eigenvalue weighted by molar-refractivity contribution is 5.57. The number of nitrogens with one attached hydrogen (secondary N) is 2. The van der Waals surface area contributed by atoms with Gasteiger partial charge in [0.1, 0.15) is 6.20 Å². The van der Waals surface area contributed by atoms with E-state index in [-0.39, 0.29) is 5.69 Å². The van der Waals surface area contributed by atoms with Crippen molar-refractivity contribution >= 4 is 17.5 Å². The Bertz CT molecular complexity index is 433. The Balaban J connectivity index is 2.10. The van der Waals surface area contributed by atoms with Crippen LogP contribution in [0.3, 0.4) is 0 Å². The molecule has 0 radical (unpaired) electrons. The van der Waals surface area contributed by atoms with E-state index in [4.69, 9.17) is 0 Å². The molecule has 0 aliphatic heterocycles. The molecule has 98 valence electrons. The van der Waals surface area contributed by atoms with Gasteiger partial charge in [0, 0.05) is 13.1 Å². The molecule has 1 aliphatic carbocycles. The van der Waals surface area contributed by atoms with E-state index < -0.39 is 4.92 Å². The minimum atomic E-state index is -0.459. The highest BCUT2D eigenvalue weighted by Crippen LogP contribution is 2.30. The fourth-order valence-corrected chi connectivity index (χ4v) is 1.52. The standard InChI is InChI=1S/C11H17N5O2/c1-2-5-12-11-14-7-9(16(17)18)10(15-11)13-6-8-3-4-8/h7-8H,2-6H2,1H3,(H2,12,13,14,15). The van der Waals surface area contributed by atoms with Crippen molar-refractivity contribution in [2.45, 2.75) is 26.2 Å². The van der Waals surface area contributed by atoms with Crippen molar-refractivity contribution in [3.05, 3.63) is 16.3 Å². The van der Waals surface area contributed by atoms with Crippen LogP contribution in [0.2, 0.25) is 0 Å². The van der Waals surface area contributed by atoms with Gasteiger partial charge in [-0.25, -0.2) is 4.98 Å². The second-order valence-electron chi connectivity index (χ2n) is 4.44. The number of anilines is 2. The maximum Gasteiger partial charge on any atom is 0.329 e. The first-order chi connectivity index (χ1) is 8.70. The van der Waals surface area contributed by atoms with Gasteiger partial charge < -0.3 is 10.6 Å². The molecule has 0 amide bonds. The molecule has 1 aromatic rings. The Kier molecular flexibility index (Phi) is 3.91. The summed E-state index contributed by atoms with van der Waals surface area (Å²) in [6.07, 6.45) is 4.57. The average Bonchev–Trinajstić information content (AvgIpc) is 3.17. The molecule has 0 unspecified atom stereocenters. The molecule has 1 fully saturated rings. The Hall–Kier alpha value is -1.92. The van der Waals surface area contributed by atoms with Gasteiger partial charge in [0.15, 0.2) is 0 Å². The molecule has 0 saturated heterocycles. The molecule has 0 aromatic carbocycles. The predicted octanol–water partition coefficient (Wildman–Crippen LogP) is 2.03. The number of nitrogens with zero attached hydrogens (tertiary/aromatic N) is 3. The summed E-state index contributed by atoms with van der Waals surface area (Å²) in [5.41, 5.74) is -0.0716. The van der Waals surface area contributed by atoms with Gasteiger partial charge in [0.2, 0.25) is 11.8 Å². The summed E-state index contributed by atoms with van der Waals surface area (Å²) in [6, 6.07) is 0. The first-order valence-electron chi connectivity index (χ1n) is 6.20. The number of hydrogen-bond acceptors (Lipinski definition) is 6. The van der Waals surface area contributed by atoms with Crippen molar-refractivity contribution in [3.8, 4) is 0 Å². The zero-order valence-electron chi connectivity index (χ0n) is 10.3. The van der Waals surface area contributed by atoms with E-state index in [2.05, 4.69) is 20.6 Å². The highest BCUT2D eigenvalue weighted by Gasteiger charge is 2.23. The Labute approximate surface area is 105 Å². The third-order valence-corrected chi connectivity index (χ3v) is 2.75. The third-order valence-electron chi connectivity index (χ3n) is 2.75. The van der Waals surface area contributed by atoms with Gasteiger partial charge in [-0.15, -0.1) is 0 Å². The summed E-state index contributed by atoms with van der Waals surface area (Å²) in [7, 11) is 0. The molecule has 1 heterocycles. The lowest BCUT2D eigenvalue weighted by atomic mass is 10.4. The number of aromatic nitrogens is 2. The lowest BCUT2D eigenvalue weighted by Crippen LogP contribution is -2.11. The molecule has 18 heavy (non-hydrogen) atoms. The number of hydrogen-bond donors (Lipinski definition) is 2. The van der Waals surface area contributed by atoms with Crippen LogP contribution < -0.4 is 10.6 Å². The molecule has 2 rings (SSSR count). The lowest BCUT2D eigenvalue weighted by molar-refractivity contribution is -0.384. The van der Waals surface area contributed by atoms with Gasteiger partial charge >= 0.3 is 5.69 Å². The summed E-state index contributed by atoms with van der Waals surface area (Å²) >= 11 is 0. The van der Waals surface area contributed by atoms with Crippen molar-refractivity contribution in [2.75, 3.05) is 23.7 Å². The van der Waals surface area contributed by atoms with Crippen LogP contribution in [0.5, 0.6) is 0 Å². The van der Waals surface area contributed by atoms with E-state index in [1.54, 1.807) is 0 Å². The summed E-state index contributed by atoms with van der Waals surface area (Å²) < 4.78 is 0. The van der Waals surface area contributed by atoms with Gasteiger partial charge in [-0.05, 0) is 25.2 Å². The molecule has 7 nitrogen and oxygen atoms in total. The van der Waals surface area contributed by atoms with Crippen LogP contribution in [-0.4, -0.2) is 28.0 Å². The molecule has 1 aromatic heterocycles. The largest absolute Gasteiger partial charge is 0.364 e. The third kappa shape index (κ3) is 3.28. The summed E-state index contributed by atoms with van der Waals surface area (Å²) in [6.45, 7) is 3.52. The molecular formula is C11H17N5O2. The smallest absolute Gasteiger partial charge is 0.329 e. The average molecular weight is 251 g/mol. The van der Waals surface area contributed by atoms with Crippen LogP contribution >= 0.6 is 0 Å². The van der Waals surface area contributed by atoms with Gasteiger partial charge in [0.25, 0.3) is 0 Å². The van der Waals surface area contributed by atoms with Crippen LogP contribution in [-0.2, 0) is 0 Å². The first kappa shape index (κ1) is 12.5. The van der Waals surface area contributed by atoms with Crippen molar-refractivity contribution in [3.63, 3.8) is 0 Å². The highest BCUT2D eigenvalue weighted by atomic mass is 16.6. The van der Waals surface area contributed by atoms with E-state index in [9.17, 15) is 10.1 Å². The van der Waals surface area contributed by atoms with E-state index in [0.29, 0.717) is 17.7 Å². The monoisotopic (exact) mass is 251 g/mol. The fourth-order valence-electron chi connectivity index (χ4n) is 1.52. The normalized spacial score (nSPS) is 14.3. The molecule has 2 N–H and O–H groups in total. The summed E-state index contributed by atoms with van der Waals surface area (Å²) in [5.74, 6) is 1.37. The fraction of sp³-hybridized carbons (Fsp3) is 0.636. The maximum absolute atomic E-state index is 10.9. The van der Waals surface area contributed by atoms with E-state index in [1.165, 1.54) is 19.0 Å². The van der Waals surface area contributed by atoms with Crippen molar-refractivity contribution in [1.29, 1.82) is 0 Å². The van der Waals surface area contributed by atoms with Crippen LogP contribution in [0, 0.1) is 16.0 Å². The molecule has 1 saturated carbocycles. The van der Waals surface area contributed by atoms with E-state index in [0.717, 1.165) is 19.5 Å². The first-order valence-corrected chi connectivity index (χ1v) is 6.20. The molecular weight excluding hydrogens is 234 g/mol. The van der Waals surface area contributed by atoms with Crippen LogP contribution in [0.1, 0.15) is 26.2 Å². The van der Waals surface area contributed by atoms with Crippen LogP contribution in [0.25, 0.3) is 0 Å². The molecule has 0 atom stereocenters. The van der Waals surface area contributed by atoms with E-state index >= 15 is 0 Å². The summed E-state index contributed by atoms with van der Waals surface area (Å²) in [5, 5.41) is 16.9. The minimum absolute atomic E-state index is 0.0716. The second kappa shape index (κ2) is 5.61. The Morgan fingerprint density at radius 1 is 1.50 bits per heavy atom. The molecule has 7 heteroatoms. The van der Waals surface area contributed by atoms with Gasteiger partial charge in [-0.2, -0.15) is 4.98 Å². The van der Waals surface area contributed by atoms with Crippen LogP contribution in [0.15, 0.2) is 6.20 Å². The number of rotatable bonds is 7. The Morgan fingerprint density at radius 3 is 2.89 bits per heavy atom. The SMILES string of the molecule is CCCNc1ncc([N+](=O)[O-])c(NCC2CC2)n1. The zero-order valence-corrected chi connectivity index (χ0v) is 10.3. The molecule has 0 bridgehead atoms. The summed E-state index contributed by atoms with van der Waals surface area (Å²) in [4.78, 5) is 18.5. The van der Waals surface area contributed by atoms with E-state index in [1.807, 2.05) is 6.92 Å². The predicted molar refractivity (Wildman–Crippen MR) is 68.7 cm³/mol. The maximum atomic E-state index is 10.9. The molecule has 0 spiro atoms. The van der Waals surface area contributed by atoms with Gasteiger partial charge in [-0.3, -0.25) is 10.1 Å². The Morgan fingerprint density at radius 2 is 2.28 bits per heavy atom. The van der Waals surface area contributed by atoms with Crippen molar-refractivity contribution in [1.82, 2.24) is 9.97 Å². The lowest BCUT2D eigenvalue weighted by Gasteiger charge is -2.07.